The summed E-state index contributed by atoms with van der Waals surface area (Å²) in [6.07, 6.45) is 1.55. The Morgan fingerprint density at radius 2 is 2.25 bits per heavy atom. The predicted molar refractivity (Wildman–Crippen MR) is 88.4 cm³/mol. The van der Waals surface area contributed by atoms with Crippen molar-refractivity contribution < 1.29 is 19.1 Å². The lowest BCUT2D eigenvalue weighted by Gasteiger charge is -2.27. The van der Waals surface area contributed by atoms with Crippen LogP contribution in [0.15, 0.2) is 36.5 Å². The van der Waals surface area contributed by atoms with Gasteiger partial charge in [-0.3, -0.25) is 14.5 Å². The number of rotatable bonds is 4. The number of benzene rings is 1. The second kappa shape index (κ2) is 6.57. The van der Waals surface area contributed by atoms with Crippen LogP contribution in [0.2, 0.25) is 0 Å². The first-order valence-electron chi connectivity index (χ1n) is 7.41. The summed E-state index contributed by atoms with van der Waals surface area (Å²) in [6.45, 7) is 1.66. The molecule has 0 spiro atoms. The minimum absolute atomic E-state index is 0.111. The van der Waals surface area contributed by atoms with Crippen molar-refractivity contribution in [3.8, 4) is 11.5 Å². The molecule has 0 radical (unpaired) electrons. The Balaban J connectivity index is 1.78. The summed E-state index contributed by atoms with van der Waals surface area (Å²) in [5.74, 6) is 0.734. The molecule has 1 N–H and O–H groups in total. The Hall–Kier alpha value is -3.09. The Kier molecular flexibility index (Phi) is 4.33. The minimum Gasteiger partial charge on any atom is -0.495 e. The maximum absolute atomic E-state index is 12.4. The number of nitrogens with one attached hydrogen (secondary N) is 1. The molecule has 1 aliphatic heterocycles. The number of carbonyl (C=O) groups excluding carboxylic acids is 2. The molecular formula is C17H17N3O4. The van der Waals surface area contributed by atoms with Gasteiger partial charge in [-0.25, -0.2) is 4.98 Å². The number of carbonyl (C=O) groups is 2. The van der Waals surface area contributed by atoms with E-state index in [4.69, 9.17) is 9.47 Å². The summed E-state index contributed by atoms with van der Waals surface area (Å²) in [5, 5.41) is 2.77. The zero-order valence-electron chi connectivity index (χ0n) is 13.4. The van der Waals surface area contributed by atoms with Gasteiger partial charge in [0.1, 0.15) is 12.3 Å². The number of hydrogen-bond donors (Lipinski definition) is 1. The fourth-order valence-corrected chi connectivity index (χ4v) is 2.45. The number of fused-ring (bicyclic) bond motifs is 1. The number of methoxy groups -OCH3 is 1. The van der Waals surface area contributed by atoms with Gasteiger partial charge in [0.05, 0.1) is 12.8 Å². The van der Waals surface area contributed by atoms with Crippen LogP contribution < -0.4 is 19.7 Å². The number of aromatic nitrogens is 1. The Bertz CT molecular complexity index is 791. The van der Waals surface area contributed by atoms with E-state index in [-0.39, 0.29) is 25.0 Å². The summed E-state index contributed by atoms with van der Waals surface area (Å²) in [4.78, 5) is 29.9. The second-order valence-electron chi connectivity index (χ2n) is 5.35. The van der Waals surface area contributed by atoms with Crippen LogP contribution in [0.4, 0.5) is 11.5 Å². The maximum atomic E-state index is 12.4. The van der Waals surface area contributed by atoms with Gasteiger partial charge >= 0.3 is 0 Å². The highest BCUT2D eigenvalue weighted by atomic mass is 16.5. The number of amides is 2. The average Bonchev–Trinajstić information content (AvgIpc) is 2.58. The number of nitrogens with zero attached hydrogens (tertiary/aromatic N) is 2. The third kappa shape index (κ3) is 3.15. The first kappa shape index (κ1) is 15.8. The summed E-state index contributed by atoms with van der Waals surface area (Å²) in [7, 11) is 1.53. The molecule has 124 valence electrons. The number of aryl methyl sites for hydroxylation is 1. The summed E-state index contributed by atoms with van der Waals surface area (Å²) >= 11 is 0. The zero-order valence-corrected chi connectivity index (χ0v) is 13.4. The highest BCUT2D eigenvalue weighted by Crippen LogP contribution is 2.29. The topological polar surface area (TPSA) is 80.8 Å². The van der Waals surface area contributed by atoms with Gasteiger partial charge in [-0.15, -0.1) is 0 Å². The van der Waals surface area contributed by atoms with Gasteiger partial charge in [0.15, 0.2) is 18.2 Å². The van der Waals surface area contributed by atoms with Crippen molar-refractivity contribution in [2.75, 3.05) is 30.5 Å². The lowest BCUT2D eigenvalue weighted by Crippen LogP contribution is -2.44. The molecule has 0 bridgehead atoms. The predicted octanol–water partition coefficient (Wildman–Crippen LogP) is 1.76. The summed E-state index contributed by atoms with van der Waals surface area (Å²) in [6, 6.07) is 8.90. The smallest absolute Gasteiger partial charge is 0.266 e. The van der Waals surface area contributed by atoms with Crippen molar-refractivity contribution in [1.82, 2.24) is 4.98 Å². The molecule has 24 heavy (non-hydrogen) atoms. The number of ether oxygens (including phenoxy) is 2. The maximum Gasteiger partial charge on any atom is 0.266 e. The van der Waals surface area contributed by atoms with Crippen LogP contribution in [-0.4, -0.2) is 37.1 Å². The van der Waals surface area contributed by atoms with Crippen molar-refractivity contribution in [3.05, 3.63) is 42.1 Å². The molecule has 2 heterocycles. The molecule has 0 unspecified atom stereocenters. The van der Waals surface area contributed by atoms with E-state index in [1.54, 1.807) is 24.4 Å². The van der Waals surface area contributed by atoms with Gasteiger partial charge in [-0.05, 0) is 36.8 Å². The van der Waals surface area contributed by atoms with Crippen LogP contribution in [-0.2, 0) is 9.59 Å². The highest BCUT2D eigenvalue weighted by molar-refractivity contribution is 6.04. The second-order valence-corrected chi connectivity index (χ2v) is 5.35. The van der Waals surface area contributed by atoms with E-state index in [0.717, 1.165) is 5.56 Å². The molecule has 0 fully saturated rings. The van der Waals surface area contributed by atoms with Crippen molar-refractivity contribution in [2.45, 2.75) is 6.92 Å². The van der Waals surface area contributed by atoms with Crippen LogP contribution in [0.3, 0.4) is 0 Å². The molecule has 1 aromatic heterocycles. The molecule has 0 aliphatic carbocycles. The minimum atomic E-state index is -0.342. The molecule has 1 aliphatic rings. The molecule has 1 aromatic carbocycles. The normalized spacial score (nSPS) is 13.1. The number of pyridine rings is 1. The van der Waals surface area contributed by atoms with Crippen molar-refractivity contribution in [2.24, 2.45) is 0 Å². The summed E-state index contributed by atoms with van der Waals surface area (Å²) in [5.41, 5.74) is 1.55. The van der Waals surface area contributed by atoms with Crippen LogP contribution in [0.5, 0.6) is 11.5 Å². The van der Waals surface area contributed by atoms with E-state index in [2.05, 4.69) is 10.3 Å². The first-order chi connectivity index (χ1) is 11.6. The van der Waals surface area contributed by atoms with E-state index in [9.17, 15) is 9.59 Å². The van der Waals surface area contributed by atoms with E-state index in [0.29, 0.717) is 23.0 Å². The molecule has 2 aromatic rings. The largest absolute Gasteiger partial charge is 0.495 e. The van der Waals surface area contributed by atoms with Crippen LogP contribution in [0, 0.1) is 6.92 Å². The third-order valence-electron chi connectivity index (χ3n) is 3.59. The standard InChI is InChI=1S/C17H17N3O4/c1-11-5-6-13(23-2)12(8-11)19-15(21)9-20-16(22)10-24-14-4-3-7-18-17(14)20/h3-8H,9-10H2,1-2H3,(H,19,21). The SMILES string of the molecule is COc1ccc(C)cc1NC(=O)CN1C(=O)COc2cccnc21. The fourth-order valence-electron chi connectivity index (χ4n) is 2.45. The van der Waals surface area contributed by atoms with Gasteiger partial charge < -0.3 is 14.8 Å². The molecular weight excluding hydrogens is 310 g/mol. The van der Waals surface area contributed by atoms with E-state index >= 15 is 0 Å². The molecule has 0 atom stereocenters. The van der Waals surface area contributed by atoms with E-state index in [1.807, 2.05) is 19.1 Å². The molecule has 0 saturated heterocycles. The van der Waals surface area contributed by atoms with Gasteiger partial charge in [-0.2, -0.15) is 0 Å². The first-order valence-corrected chi connectivity index (χ1v) is 7.41. The number of anilines is 2. The van der Waals surface area contributed by atoms with Crippen LogP contribution in [0.1, 0.15) is 5.56 Å². The number of hydrogen-bond acceptors (Lipinski definition) is 5. The average molecular weight is 327 g/mol. The lowest BCUT2D eigenvalue weighted by atomic mass is 10.2. The highest BCUT2D eigenvalue weighted by Gasteiger charge is 2.28. The summed E-state index contributed by atoms with van der Waals surface area (Å²) < 4.78 is 10.6. The van der Waals surface area contributed by atoms with Gasteiger partial charge in [0.25, 0.3) is 5.91 Å². The van der Waals surface area contributed by atoms with E-state index < -0.39 is 0 Å². The fraction of sp³-hybridized carbons (Fsp3) is 0.235. The Labute approximate surface area is 139 Å². The lowest BCUT2D eigenvalue weighted by molar-refractivity contribution is -0.123. The molecule has 3 rings (SSSR count). The van der Waals surface area contributed by atoms with Crippen molar-refractivity contribution >= 4 is 23.3 Å². The van der Waals surface area contributed by atoms with Gasteiger partial charge in [0, 0.05) is 6.20 Å². The Morgan fingerprint density at radius 1 is 1.42 bits per heavy atom. The third-order valence-corrected chi connectivity index (χ3v) is 3.59. The molecule has 7 nitrogen and oxygen atoms in total. The quantitative estimate of drug-likeness (QED) is 0.925. The van der Waals surface area contributed by atoms with Crippen LogP contribution >= 0.6 is 0 Å². The molecule has 0 saturated carbocycles. The van der Waals surface area contributed by atoms with Crippen LogP contribution in [0.25, 0.3) is 0 Å². The molecule has 2 amide bonds. The van der Waals surface area contributed by atoms with Gasteiger partial charge in [-0.1, -0.05) is 6.07 Å². The zero-order chi connectivity index (χ0) is 17.1. The van der Waals surface area contributed by atoms with Crippen molar-refractivity contribution in [1.29, 1.82) is 0 Å². The van der Waals surface area contributed by atoms with Gasteiger partial charge in [0.2, 0.25) is 5.91 Å². The molecule has 7 heteroatoms. The van der Waals surface area contributed by atoms with E-state index in [1.165, 1.54) is 12.0 Å². The van der Waals surface area contributed by atoms with Crippen molar-refractivity contribution in [3.63, 3.8) is 0 Å². The monoisotopic (exact) mass is 327 g/mol. The Morgan fingerprint density at radius 3 is 3.04 bits per heavy atom.